The molecule has 4 heteroatoms. The molecule has 1 heterocycles. The number of hydrogen-bond acceptors (Lipinski definition) is 4. The van der Waals surface area contributed by atoms with Crippen LogP contribution in [0.15, 0.2) is 24.3 Å². The van der Waals surface area contributed by atoms with Gasteiger partial charge in [0.1, 0.15) is 6.10 Å². The Balaban J connectivity index is 2.03. The summed E-state index contributed by atoms with van der Waals surface area (Å²) in [6, 6.07) is 0. The second-order valence-electron chi connectivity index (χ2n) is 6.22. The molecular formula is C15H20O4. The molecule has 4 nitrogen and oxygen atoms in total. The molecule has 0 spiro atoms. The number of carbonyl (C=O) groups is 1. The molecule has 2 saturated carbocycles. The lowest BCUT2D eigenvalue weighted by atomic mass is 9.80. The quantitative estimate of drug-likeness (QED) is 0.390. The van der Waals surface area contributed by atoms with Gasteiger partial charge in [0.2, 0.25) is 0 Å². The molecular weight excluding hydrogens is 244 g/mol. The summed E-state index contributed by atoms with van der Waals surface area (Å²) in [6.07, 6.45) is -0.284. The molecule has 1 saturated heterocycles. The Morgan fingerprint density at radius 3 is 2.58 bits per heavy atom. The minimum atomic E-state index is -0.602. The van der Waals surface area contributed by atoms with Crippen LogP contribution in [-0.4, -0.2) is 34.5 Å². The molecule has 1 aliphatic heterocycles. The number of esters is 1. The van der Waals surface area contributed by atoms with Gasteiger partial charge in [-0.25, -0.2) is 4.79 Å². The Morgan fingerprint density at radius 1 is 1.21 bits per heavy atom. The summed E-state index contributed by atoms with van der Waals surface area (Å²) in [5.74, 6) is -0.351. The van der Waals surface area contributed by atoms with E-state index in [1.165, 1.54) is 0 Å². The fraction of sp³-hybridized carbons (Fsp3) is 0.667. The van der Waals surface area contributed by atoms with Crippen molar-refractivity contribution in [2.45, 2.75) is 38.1 Å². The zero-order chi connectivity index (χ0) is 13.9. The van der Waals surface area contributed by atoms with E-state index in [9.17, 15) is 15.0 Å². The SMILES string of the molecule is C=C1C(=O)OC2C1C(O)CC(C)C1CC(O)C(=C)C12. The van der Waals surface area contributed by atoms with Crippen LogP contribution in [0.3, 0.4) is 0 Å². The first-order valence-electron chi connectivity index (χ1n) is 6.86. The van der Waals surface area contributed by atoms with Crippen LogP contribution in [-0.2, 0) is 9.53 Å². The predicted octanol–water partition coefficient (Wildman–Crippen LogP) is 1.04. The predicted molar refractivity (Wildman–Crippen MR) is 69.0 cm³/mol. The van der Waals surface area contributed by atoms with Crippen molar-refractivity contribution in [3.63, 3.8) is 0 Å². The molecule has 19 heavy (non-hydrogen) atoms. The van der Waals surface area contributed by atoms with Gasteiger partial charge in [0.25, 0.3) is 0 Å². The molecule has 0 aromatic heterocycles. The van der Waals surface area contributed by atoms with Crippen LogP contribution in [0, 0.1) is 23.7 Å². The van der Waals surface area contributed by atoms with E-state index in [1.807, 2.05) is 0 Å². The summed E-state index contributed by atoms with van der Waals surface area (Å²) in [6.45, 7) is 9.83. The molecule has 2 aliphatic carbocycles. The Labute approximate surface area is 112 Å². The number of ether oxygens (including phenoxy) is 1. The van der Waals surface area contributed by atoms with E-state index in [0.717, 1.165) is 5.57 Å². The number of fused-ring (bicyclic) bond motifs is 3. The lowest BCUT2D eigenvalue weighted by Crippen LogP contribution is -2.33. The molecule has 3 fully saturated rings. The van der Waals surface area contributed by atoms with Gasteiger partial charge < -0.3 is 14.9 Å². The van der Waals surface area contributed by atoms with Crippen molar-refractivity contribution in [1.82, 2.24) is 0 Å². The van der Waals surface area contributed by atoms with Crippen LogP contribution in [0.5, 0.6) is 0 Å². The van der Waals surface area contributed by atoms with E-state index in [-0.39, 0.29) is 23.7 Å². The Kier molecular flexibility index (Phi) is 2.84. The van der Waals surface area contributed by atoms with Crippen LogP contribution in [0.25, 0.3) is 0 Å². The maximum Gasteiger partial charge on any atom is 0.334 e. The molecule has 0 bridgehead atoms. The zero-order valence-electron chi connectivity index (χ0n) is 11.1. The first kappa shape index (κ1) is 12.9. The fourth-order valence-electron chi connectivity index (χ4n) is 4.15. The minimum Gasteiger partial charge on any atom is -0.458 e. The van der Waals surface area contributed by atoms with Crippen LogP contribution in [0.1, 0.15) is 19.8 Å². The van der Waals surface area contributed by atoms with Gasteiger partial charge in [-0.2, -0.15) is 0 Å². The number of hydrogen-bond donors (Lipinski definition) is 2. The van der Waals surface area contributed by atoms with Crippen LogP contribution in [0.2, 0.25) is 0 Å². The van der Waals surface area contributed by atoms with E-state index in [0.29, 0.717) is 18.4 Å². The Bertz CT molecular complexity index is 455. The molecule has 104 valence electrons. The molecule has 7 unspecified atom stereocenters. The van der Waals surface area contributed by atoms with E-state index < -0.39 is 24.3 Å². The van der Waals surface area contributed by atoms with Gasteiger partial charge in [-0.05, 0) is 30.3 Å². The Hall–Kier alpha value is -1.13. The molecule has 0 amide bonds. The normalized spacial score (nSPS) is 49.6. The van der Waals surface area contributed by atoms with Crippen molar-refractivity contribution in [3.8, 4) is 0 Å². The van der Waals surface area contributed by atoms with Gasteiger partial charge in [0, 0.05) is 11.5 Å². The molecule has 0 radical (unpaired) electrons. The third kappa shape index (κ3) is 1.70. The maximum absolute atomic E-state index is 11.7. The molecule has 2 N–H and O–H groups in total. The standard InChI is InChI=1S/C15H20O4/c1-6-4-11(17)13-8(3)15(18)19-14(13)12-7(2)10(16)5-9(6)12/h6,9-14,16-17H,2-5H2,1H3. The second kappa shape index (κ2) is 4.18. The topological polar surface area (TPSA) is 66.8 Å². The fourth-order valence-corrected chi connectivity index (χ4v) is 4.15. The number of aliphatic hydroxyl groups is 2. The zero-order valence-corrected chi connectivity index (χ0v) is 11.1. The number of rotatable bonds is 0. The minimum absolute atomic E-state index is 0.0599. The van der Waals surface area contributed by atoms with Crippen molar-refractivity contribution < 1.29 is 19.7 Å². The summed E-state index contributed by atoms with van der Waals surface area (Å²) in [7, 11) is 0. The van der Waals surface area contributed by atoms with E-state index in [4.69, 9.17) is 4.74 Å². The second-order valence-corrected chi connectivity index (χ2v) is 6.22. The smallest absolute Gasteiger partial charge is 0.334 e. The summed E-state index contributed by atoms with van der Waals surface area (Å²) >= 11 is 0. The Morgan fingerprint density at radius 2 is 1.89 bits per heavy atom. The average molecular weight is 264 g/mol. The highest BCUT2D eigenvalue weighted by atomic mass is 16.6. The van der Waals surface area contributed by atoms with Crippen molar-refractivity contribution in [2.75, 3.05) is 0 Å². The number of aliphatic hydroxyl groups excluding tert-OH is 2. The third-order valence-corrected chi connectivity index (χ3v) is 5.19. The van der Waals surface area contributed by atoms with E-state index in [1.54, 1.807) is 0 Å². The van der Waals surface area contributed by atoms with Gasteiger partial charge in [-0.15, -0.1) is 0 Å². The lowest BCUT2D eigenvalue weighted by Gasteiger charge is -2.27. The first-order chi connectivity index (χ1) is 8.91. The van der Waals surface area contributed by atoms with E-state index >= 15 is 0 Å². The summed E-state index contributed by atoms with van der Waals surface area (Å²) in [5, 5.41) is 20.4. The van der Waals surface area contributed by atoms with Gasteiger partial charge >= 0.3 is 5.97 Å². The summed E-state index contributed by atoms with van der Waals surface area (Å²) < 4.78 is 5.44. The molecule has 7 atom stereocenters. The molecule has 0 aromatic carbocycles. The van der Waals surface area contributed by atoms with Gasteiger partial charge in [-0.1, -0.05) is 20.1 Å². The highest BCUT2D eigenvalue weighted by Gasteiger charge is 2.56. The molecule has 3 rings (SSSR count). The van der Waals surface area contributed by atoms with Gasteiger partial charge in [-0.3, -0.25) is 0 Å². The van der Waals surface area contributed by atoms with Gasteiger partial charge in [0.15, 0.2) is 0 Å². The highest BCUT2D eigenvalue weighted by Crippen LogP contribution is 2.52. The largest absolute Gasteiger partial charge is 0.458 e. The first-order valence-corrected chi connectivity index (χ1v) is 6.86. The van der Waals surface area contributed by atoms with E-state index in [2.05, 4.69) is 20.1 Å². The van der Waals surface area contributed by atoms with Crippen molar-refractivity contribution in [2.24, 2.45) is 23.7 Å². The molecule has 0 aromatic rings. The number of carbonyl (C=O) groups excluding carboxylic acids is 1. The summed E-state index contributed by atoms with van der Waals surface area (Å²) in [4.78, 5) is 11.7. The average Bonchev–Trinajstić information content (AvgIpc) is 2.75. The maximum atomic E-state index is 11.7. The van der Waals surface area contributed by atoms with Gasteiger partial charge in [0.05, 0.1) is 18.1 Å². The van der Waals surface area contributed by atoms with Crippen molar-refractivity contribution in [3.05, 3.63) is 24.3 Å². The lowest BCUT2D eigenvalue weighted by molar-refractivity contribution is -0.141. The third-order valence-electron chi connectivity index (χ3n) is 5.19. The van der Waals surface area contributed by atoms with Crippen LogP contribution >= 0.6 is 0 Å². The summed E-state index contributed by atoms with van der Waals surface area (Å²) in [5.41, 5.74) is 1.10. The van der Waals surface area contributed by atoms with Crippen LogP contribution in [0.4, 0.5) is 0 Å². The monoisotopic (exact) mass is 264 g/mol. The molecule has 3 aliphatic rings. The van der Waals surface area contributed by atoms with Crippen LogP contribution < -0.4 is 0 Å². The highest BCUT2D eigenvalue weighted by molar-refractivity contribution is 5.91. The van der Waals surface area contributed by atoms with Crippen molar-refractivity contribution >= 4 is 5.97 Å². The van der Waals surface area contributed by atoms with Crippen molar-refractivity contribution in [1.29, 1.82) is 0 Å².